The Morgan fingerprint density at radius 1 is 1.30 bits per heavy atom. The smallest absolute Gasteiger partial charge is 0.341 e. The minimum absolute atomic E-state index is 0.158. The number of hydrogen-bond donors (Lipinski definition) is 3. The van der Waals surface area contributed by atoms with Gasteiger partial charge in [0.1, 0.15) is 11.5 Å². The van der Waals surface area contributed by atoms with Crippen molar-refractivity contribution in [2.24, 2.45) is 4.99 Å². The quantitative estimate of drug-likeness (QED) is 0.684. The number of carboxylic acid groups (broad SMARTS) is 1. The van der Waals surface area contributed by atoms with E-state index in [4.69, 9.17) is 9.84 Å². The van der Waals surface area contributed by atoms with Crippen LogP contribution in [0.4, 0.5) is 5.69 Å². The number of aliphatic imine (C=N–C) groups is 1. The number of thioether (sulfide) groups is 1. The lowest BCUT2D eigenvalue weighted by Crippen LogP contribution is -2.19. The summed E-state index contributed by atoms with van der Waals surface area (Å²) in [4.78, 5) is 27.6. The number of carbonyl (C=O) groups is 2. The molecule has 1 aliphatic rings. The molecule has 1 saturated heterocycles. The number of hydrogen-bond acceptors (Lipinski definition) is 6. The molecule has 3 rings (SSSR count). The number of nitrogens with one attached hydrogen (secondary N) is 1. The third kappa shape index (κ3) is 4.89. The third-order valence-electron chi connectivity index (χ3n) is 3.57. The summed E-state index contributed by atoms with van der Waals surface area (Å²) in [6.45, 7) is 1.39. The average Bonchev–Trinajstić information content (AvgIpc) is 2.95. The van der Waals surface area contributed by atoms with E-state index in [1.807, 2.05) is 6.92 Å². The molecule has 0 spiro atoms. The Labute approximate surface area is 159 Å². The molecular formula is C19H16N2O5S. The minimum atomic E-state index is -1.06. The summed E-state index contributed by atoms with van der Waals surface area (Å²) >= 11 is 1.20. The van der Waals surface area contributed by atoms with Gasteiger partial charge in [0, 0.05) is 0 Å². The number of rotatable bonds is 5. The largest absolute Gasteiger partial charge is 0.508 e. The van der Waals surface area contributed by atoms with Crippen LogP contribution in [0.1, 0.15) is 11.1 Å². The van der Waals surface area contributed by atoms with E-state index in [0.717, 1.165) is 5.56 Å². The summed E-state index contributed by atoms with van der Waals surface area (Å²) in [6.07, 6.45) is 1.68. The van der Waals surface area contributed by atoms with E-state index in [1.165, 1.54) is 17.8 Å². The zero-order valence-corrected chi connectivity index (χ0v) is 15.1. The zero-order valence-electron chi connectivity index (χ0n) is 14.3. The Hall–Kier alpha value is -3.26. The lowest BCUT2D eigenvalue weighted by molar-refractivity contribution is -0.139. The van der Waals surface area contributed by atoms with Gasteiger partial charge in [0.15, 0.2) is 11.8 Å². The highest BCUT2D eigenvalue weighted by Gasteiger charge is 2.24. The summed E-state index contributed by atoms with van der Waals surface area (Å²) in [6, 6.07) is 11.6. The van der Waals surface area contributed by atoms with Crippen molar-refractivity contribution in [1.29, 1.82) is 0 Å². The first kappa shape index (κ1) is 18.5. The molecule has 2 aromatic carbocycles. The lowest BCUT2D eigenvalue weighted by atomic mass is 10.2. The summed E-state index contributed by atoms with van der Waals surface area (Å²) in [5.41, 5.74) is 2.15. The number of aliphatic carboxylic acids is 1. The molecule has 0 aliphatic carbocycles. The van der Waals surface area contributed by atoms with Gasteiger partial charge in [0.05, 0.1) is 10.6 Å². The maximum atomic E-state index is 12.2. The molecule has 1 aliphatic heterocycles. The number of carbonyl (C=O) groups excluding carboxylic acids is 1. The van der Waals surface area contributed by atoms with Crippen molar-refractivity contribution in [1.82, 2.24) is 5.32 Å². The lowest BCUT2D eigenvalue weighted by Gasteiger charge is -2.03. The van der Waals surface area contributed by atoms with E-state index in [2.05, 4.69) is 10.3 Å². The molecule has 27 heavy (non-hydrogen) atoms. The van der Waals surface area contributed by atoms with Crippen LogP contribution >= 0.6 is 11.8 Å². The Kier molecular flexibility index (Phi) is 5.46. The number of ether oxygens (including phenoxy) is 1. The fraction of sp³-hybridized carbons (Fsp3) is 0.105. The number of amides is 1. The van der Waals surface area contributed by atoms with Crippen molar-refractivity contribution in [3.8, 4) is 11.5 Å². The SMILES string of the molecule is Cc1cc(O)ccc1N=C1NC(=O)/C(=C\c2cccc(OCC(=O)O)c2)S1. The second-order valence-electron chi connectivity index (χ2n) is 5.71. The van der Waals surface area contributed by atoms with Gasteiger partial charge in [-0.3, -0.25) is 4.79 Å². The molecule has 0 aromatic heterocycles. The van der Waals surface area contributed by atoms with Crippen molar-refractivity contribution in [2.75, 3.05) is 6.61 Å². The third-order valence-corrected chi connectivity index (χ3v) is 4.48. The van der Waals surface area contributed by atoms with Crippen LogP contribution in [0.2, 0.25) is 0 Å². The van der Waals surface area contributed by atoms with Gasteiger partial charge in [-0.1, -0.05) is 12.1 Å². The van der Waals surface area contributed by atoms with E-state index in [-0.39, 0.29) is 11.7 Å². The van der Waals surface area contributed by atoms with Gasteiger partial charge in [-0.25, -0.2) is 9.79 Å². The van der Waals surface area contributed by atoms with Gasteiger partial charge in [-0.2, -0.15) is 0 Å². The van der Waals surface area contributed by atoms with Crippen LogP contribution in [0.3, 0.4) is 0 Å². The number of nitrogens with zero attached hydrogens (tertiary/aromatic N) is 1. The predicted molar refractivity (Wildman–Crippen MR) is 103 cm³/mol. The molecule has 0 unspecified atom stereocenters. The normalized spacial score (nSPS) is 16.6. The highest BCUT2D eigenvalue weighted by atomic mass is 32.2. The first-order valence-electron chi connectivity index (χ1n) is 7.94. The van der Waals surface area contributed by atoms with Crippen LogP contribution in [0.15, 0.2) is 52.4 Å². The molecule has 0 atom stereocenters. The summed E-state index contributed by atoms with van der Waals surface area (Å²) in [5, 5.41) is 21.3. The van der Waals surface area contributed by atoms with Gasteiger partial charge in [0.25, 0.3) is 5.91 Å². The second-order valence-corrected chi connectivity index (χ2v) is 6.74. The van der Waals surface area contributed by atoms with Crippen molar-refractivity contribution in [3.63, 3.8) is 0 Å². The van der Waals surface area contributed by atoms with E-state index < -0.39 is 12.6 Å². The van der Waals surface area contributed by atoms with Gasteiger partial charge >= 0.3 is 5.97 Å². The molecule has 3 N–H and O–H groups in total. The van der Waals surface area contributed by atoms with Crippen molar-refractivity contribution in [2.45, 2.75) is 6.92 Å². The van der Waals surface area contributed by atoms with Crippen molar-refractivity contribution >= 4 is 40.6 Å². The average molecular weight is 384 g/mol. The maximum absolute atomic E-state index is 12.2. The summed E-state index contributed by atoms with van der Waals surface area (Å²) in [7, 11) is 0. The second kappa shape index (κ2) is 7.96. The highest BCUT2D eigenvalue weighted by molar-refractivity contribution is 8.18. The Morgan fingerprint density at radius 2 is 2.11 bits per heavy atom. The number of aryl methyl sites for hydroxylation is 1. The van der Waals surface area contributed by atoms with Crippen LogP contribution in [0.25, 0.3) is 6.08 Å². The maximum Gasteiger partial charge on any atom is 0.341 e. The number of benzene rings is 2. The van der Waals surface area contributed by atoms with E-state index in [9.17, 15) is 14.7 Å². The number of phenolic OH excluding ortho intramolecular Hbond substituents is 1. The van der Waals surface area contributed by atoms with Crippen molar-refractivity contribution in [3.05, 3.63) is 58.5 Å². The topological polar surface area (TPSA) is 108 Å². The monoisotopic (exact) mass is 384 g/mol. The molecule has 1 heterocycles. The molecule has 0 saturated carbocycles. The molecule has 0 radical (unpaired) electrons. The van der Waals surface area contributed by atoms with Gasteiger partial charge in [0.2, 0.25) is 0 Å². The molecule has 1 amide bonds. The molecular weight excluding hydrogens is 368 g/mol. The molecule has 0 bridgehead atoms. The Morgan fingerprint density at radius 3 is 2.85 bits per heavy atom. The Balaban J connectivity index is 1.78. The molecule has 7 nitrogen and oxygen atoms in total. The fourth-order valence-corrected chi connectivity index (χ4v) is 3.18. The molecule has 8 heteroatoms. The van der Waals surface area contributed by atoms with E-state index >= 15 is 0 Å². The first-order chi connectivity index (χ1) is 12.9. The van der Waals surface area contributed by atoms with Crippen LogP contribution in [0, 0.1) is 6.92 Å². The highest BCUT2D eigenvalue weighted by Crippen LogP contribution is 2.30. The van der Waals surface area contributed by atoms with Gasteiger partial charge in [-0.05, 0) is 66.2 Å². The summed E-state index contributed by atoms with van der Waals surface area (Å²) < 4.78 is 5.14. The fourth-order valence-electron chi connectivity index (χ4n) is 2.35. The van der Waals surface area contributed by atoms with Crippen LogP contribution in [-0.2, 0) is 9.59 Å². The van der Waals surface area contributed by atoms with Gasteiger partial charge in [-0.15, -0.1) is 0 Å². The number of carboxylic acids is 1. The predicted octanol–water partition coefficient (Wildman–Crippen LogP) is 3.06. The molecule has 2 aromatic rings. The minimum Gasteiger partial charge on any atom is -0.508 e. The number of aromatic hydroxyl groups is 1. The molecule has 1 fully saturated rings. The number of amidine groups is 1. The number of phenols is 1. The van der Waals surface area contributed by atoms with Crippen LogP contribution in [-0.4, -0.2) is 33.9 Å². The van der Waals surface area contributed by atoms with Gasteiger partial charge < -0.3 is 20.3 Å². The van der Waals surface area contributed by atoms with E-state index in [0.29, 0.717) is 27.1 Å². The Bertz CT molecular complexity index is 968. The van der Waals surface area contributed by atoms with Crippen LogP contribution in [0.5, 0.6) is 11.5 Å². The van der Waals surface area contributed by atoms with Crippen LogP contribution < -0.4 is 10.1 Å². The molecule has 138 valence electrons. The van der Waals surface area contributed by atoms with E-state index in [1.54, 1.807) is 42.5 Å². The first-order valence-corrected chi connectivity index (χ1v) is 8.76. The standard InChI is InChI=1S/C19H16N2O5S/c1-11-7-13(22)5-6-15(11)20-19-21-18(25)16(27-19)9-12-3-2-4-14(8-12)26-10-17(23)24/h2-9,22H,10H2,1H3,(H,23,24)(H,20,21,25)/b16-9+. The summed E-state index contributed by atoms with van der Waals surface area (Å²) in [5.74, 6) is -0.768. The van der Waals surface area contributed by atoms with Crippen molar-refractivity contribution < 1.29 is 24.5 Å². The zero-order chi connectivity index (χ0) is 19.4.